The summed E-state index contributed by atoms with van der Waals surface area (Å²) in [5.41, 5.74) is 0. The molecule has 2 aromatic heterocycles. The molecule has 0 saturated carbocycles. The van der Waals surface area contributed by atoms with Crippen LogP contribution in [0, 0.1) is 0 Å². The molecule has 22 heavy (non-hydrogen) atoms. The van der Waals surface area contributed by atoms with Crippen LogP contribution >= 0.6 is 11.6 Å². The standard InChI is InChI=1S/C14H20ClN7/c1-20(14-16-10-12(15)11-17-14)13-2-5-21(6-3-13)8-9-22-7-4-18-19-22/h4,7,10-11,13H,2-3,5-6,8-9H2,1H3. The van der Waals surface area contributed by atoms with E-state index in [1.165, 1.54) is 0 Å². The first-order chi connectivity index (χ1) is 10.7. The lowest BCUT2D eigenvalue weighted by Gasteiger charge is -2.36. The zero-order valence-electron chi connectivity index (χ0n) is 12.6. The van der Waals surface area contributed by atoms with Crippen LogP contribution in [-0.2, 0) is 6.54 Å². The van der Waals surface area contributed by atoms with Crippen molar-refractivity contribution in [3.05, 3.63) is 29.8 Å². The molecule has 0 atom stereocenters. The van der Waals surface area contributed by atoms with Gasteiger partial charge in [-0.15, -0.1) is 5.10 Å². The van der Waals surface area contributed by atoms with Crippen molar-refractivity contribution in [3.63, 3.8) is 0 Å². The van der Waals surface area contributed by atoms with E-state index in [2.05, 4.69) is 37.1 Å². The van der Waals surface area contributed by atoms with Crippen molar-refractivity contribution in [1.29, 1.82) is 0 Å². The lowest BCUT2D eigenvalue weighted by molar-refractivity contribution is 0.200. The second kappa shape index (κ2) is 7.02. The maximum absolute atomic E-state index is 5.84. The van der Waals surface area contributed by atoms with E-state index in [1.807, 2.05) is 10.9 Å². The number of halogens is 1. The minimum absolute atomic E-state index is 0.476. The maximum Gasteiger partial charge on any atom is 0.225 e. The average Bonchev–Trinajstić information content (AvgIpc) is 3.07. The van der Waals surface area contributed by atoms with Gasteiger partial charge in [0.1, 0.15) is 0 Å². The molecule has 0 bridgehead atoms. The summed E-state index contributed by atoms with van der Waals surface area (Å²) in [7, 11) is 2.05. The molecule has 0 aliphatic carbocycles. The highest BCUT2D eigenvalue weighted by Crippen LogP contribution is 2.19. The van der Waals surface area contributed by atoms with Gasteiger partial charge in [0, 0.05) is 38.9 Å². The molecule has 1 fully saturated rings. The lowest BCUT2D eigenvalue weighted by atomic mass is 10.0. The minimum atomic E-state index is 0.476. The average molecular weight is 322 g/mol. The Hall–Kier alpha value is -1.73. The molecule has 1 aliphatic rings. The summed E-state index contributed by atoms with van der Waals surface area (Å²) < 4.78 is 1.87. The predicted molar refractivity (Wildman–Crippen MR) is 84.9 cm³/mol. The van der Waals surface area contributed by atoms with Crippen molar-refractivity contribution >= 4 is 17.5 Å². The number of likely N-dealkylation sites (tertiary alicyclic amines) is 1. The molecule has 0 unspecified atom stereocenters. The van der Waals surface area contributed by atoms with Gasteiger partial charge in [0.25, 0.3) is 0 Å². The van der Waals surface area contributed by atoms with Crippen LogP contribution in [0.2, 0.25) is 5.02 Å². The Morgan fingerprint density at radius 2 is 1.95 bits per heavy atom. The monoisotopic (exact) mass is 321 g/mol. The van der Waals surface area contributed by atoms with Gasteiger partial charge in [0.15, 0.2) is 0 Å². The van der Waals surface area contributed by atoms with Gasteiger partial charge >= 0.3 is 0 Å². The van der Waals surface area contributed by atoms with Crippen LogP contribution in [-0.4, -0.2) is 62.6 Å². The second-order valence-electron chi connectivity index (χ2n) is 5.55. The fourth-order valence-electron chi connectivity index (χ4n) is 2.78. The number of nitrogens with zero attached hydrogens (tertiary/aromatic N) is 7. The van der Waals surface area contributed by atoms with Crippen molar-refractivity contribution in [2.24, 2.45) is 0 Å². The van der Waals surface area contributed by atoms with E-state index in [4.69, 9.17) is 11.6 Å². The van der Waals surface area contributed by atoms with Gasteiger partial charge in [0.2, 0.25) is 5.95 Å². The summed E-state index contributed by atoms with van der Waals surface area (Å²) in [6.07, 6.45) is 9.13. The van der Waals surface area contributed by atoms with Crippen LogP contribution in [0.4, 0.5) is 5.95 Å². The normalized spacial score (nSPS) is 16.8. The molecule has 0 aromatic carbocycles. The molecule has 0 radical (unpaired) electrons. The van der Waals surface area contributed by atoms with Gasteiger partial charge < -0.3 is 9.80 Å². The second-order valence-corrected chi connectivity index (χ2v) is 5.99. The summed E-state index contributed by atoms with van der Waals surface area (Å²) in [5.74, 6) is 0.741. The van der Waals surface area contributed by atoms with E-state index in [0.717, 1.165) is 45.0 Å². The van der Waals surface area contributed by atoms with Gasteiger partial charge in [-0.25, -0.2) is 9.97 Å². The summed E-state index contributed by atoms with van der Waals surface area (Å²) >= 11 is 5.84. The fourth-order valence-corrected chi connectivity index (χ4v) is 2.87. The van der Waals surface area contributed by atoms with Crippen molar-refractivity contribution < 1.29 is 0 Å². The van der Waals surface area contributed by atoms with Crippen LogP contribution in [0.1, 0.15) is 12.8 Å². The van der Waals surface area contributed by atoms with Crippen molar-refractivity contribution in [2.45, 2.75) is 25.4 Å². The Kier molecular flexibility index (Phi) is 4.84. The molecule has 1 aliphatic heterocycles. The van der Waals surface area contributed by atoms with Gasteiger partial charge in [0.05, 0.1) is 30.2 Å². The summed E-state index contributed by atoms with van der Waals surface area (Å²) in [6.45, 7) is 4.06. The molecule has 3 heterocycles. The maximum atomic E-state index is 5.84. The highest BCUT2D eigenvalue weighted by molar-refractivity contribution is 6.30. The van der Waals surface area contributed by atoms with E-state index in [-0.39, 0.29) is 0 Å². The van der Waals surface area contributed by atoms with Crippen LogP contribution in [0.5, 0.6) is 0 Å². The molecule has 3 rings (SSSR count). The van der Waals surface area contributed by atoms with Crippen LogP contribution in [0.25, 0.3) is 0 Å². The van der Waals surface area contributed by atoms with E-state index in [0.29, 0.717) is 11.1 Å². The summed E-state index contributed by atoms with van der Waals surface area (Å²) in [5, 5.41) is 8.39. The Bertz CT molecular complexity index is 563. The lowest BCUT2D eigenvalue weighted by Crippen LogP contribution is -2.44. The molecule has 0 amide bonds. The van der Waals surface area contributed by atoms with E-state index >= 15 is 0 Å². The minimum Gasteiger partial charge on any atom is -0.341 e. The first-order valence-corrected chi connectivity index (χ1v) is 7.87. The molecular formula is C14H20ClN7. The number of anilines is 1. The van der Waals surface area contributed by atoms with E-state index in [1.54, 1.807) is 18.6 Å². The van der Waals surface area contributed by atoms with E-state index in [9.17, 15) is 0 Å². The SMILES string of the molecule is CN(c1ncc(Cl)cn1)C1CCN(CCn2ccnn2)CC1. The highest BCUT2D eigenvalue weighted by atomic mass is 35.5. The number of piperidine rings is 1. The Balaban J connectivity index is 1.47. The van der Waals surface area contributed by atoms with Crippen molar-refractivity contribution in [1.82, 2.24) is 29.9 Å². The molecule has 7 nitrogen and oxygen atoms in total. The molecule has 0 N–H and O–H groups in total. The smallest absolute Gasteiger partial charge is 0.225 e. The van der Waals surface area contributed by atoms with Crippen molar-refractivity contribution in [3.8, 4) is 0 Å². The molecule has 0 spiro atoms. The van der Waals surface area contributed by atoms with Gasteiger partial charge in [-0.3, -0.25) is 4.68 Å². The number of hydrogen-bond donors (Lipinski definition) is 0. The number of hydrogen-bond acceptors (Lipinski definition) is 6. The first kappa shape index (κ1) is 15.2. The summed E-state index contributed by atoms with van der Waals surface area (Å²) in [4.78, 5) is 13.2. The largest absolute Gasteiger partial charge is 0.341 e. The fraction of sp³-hybridized carbons (Fsp3) is 0.571. The molecular weight excluding hydrogens is 302 g/mol. The third-order valence-corrected chi connectivity index (χ3v) is 4.34. The van der Waals surface area contributed by atoms with Crippen molar-refractivity contribution in [2.75, 3.05) is 31.6 Å². The highest BCUT2D eigenvalue weighted by Gasteiger charge is 2.23. The van der Waals surface area contributed by atoms with Gasteiger partial charge in [-0.05, 0) is 12.8 Å². The number of aromatic nitrogens is 5. The van der Waals surface area contributed by atoms with Gasteiger partial charge in [-0.1, -0.05) is 16.8 Å². The third kappa shape index (κ3) is 3.72. The van der Waals surface area contributed by atoms with Crippen LogP contribution in [0.3, 0.4) is 0 Å². The number of rotatable bonds is 5. The quantitative estimate of drug-likeness (QED) is 0.827. The molecule has 8 heteroatoms. The molecule has 1 saturated heterocycles. The first-order valence-electron chi connectivity index (χ1n) is 7.49. The van der Waals surface area contributed by atoms with E-state index < -0.39 is 0 Å². The van der Waals surface area contributed by atoms with Crippen LogP contribution < -0.4 is 4.90 Å². The third-order valence-electron chi connectivity index (χ3n) is 4.14. The zero-order valence-corrected chi connectivity index (χ0v) is 13.4. The predicted octanol–water partition coefficient (Wildman–Crippen LogP) is 1.32. The summed E-state index contributed by atoms with van der Waals surface area (Å²) in [6, 6.07) is 0.476. The Labute approximate surface area is 134 Å². The van der Waals surface area contributed by atoms with Crippen LogP contribution in [0.15, 0.2) is 24.8 Å². The zero-order chi connectivity index (χ0) is 15.4. The molecule has 118 valence electrons. The van der Waals surface area contributed by atoms with Gasteiger partial charge in [-0.2, -0.15) is 0 Å². The molecule has 2 aromatic rings. The Morgan fingerprint density at radius 1 is 1.23 bits per heavy atom. The topological polar surface area (TPSA) is 63.0 Å². The Morgan fingerprint density at radius 3 is 2.59 bits per heavy atom.